The van der Waals surface area contributed by atoms with Crippen LogP contribution in [0.25, 0.3) is 0 Å². The zero-order chi connectivity index (χ0) is 6.95. The maximum Gasteiger partial charge on any atom is 0.106 e. The SMILES string of the molecule is C=CCCCC=NOC. The topological polar surface area (TPSA) is 21.6 Å². The standard InChI is InChI=1S/C7H13NO/c1-3-4-5-6-7-8-9-2/h3,7H,1,4-6H2,2H3. The summed E-state index contributed by atoms with van der Waals surface area (Å²) in [6, 6.07) is 0. The van der Waals surface area contributed by atoms with Gasteiger partial charge in [-0.05, 0) is 19.3 Å². The smallest absolute Gasteiger partial charge is 0.106 e. The van der Waals surface area contributed by atoms with E-state index < -0.39 is 0 Å². The first kappa shape index (κ1) is 8.21. The third-order valence-corrected chi connectivity index (χ3v) is 0.921. The number of allylic oxidation sites excluding steroid dienone is 1. The predicted octanol–water partition coefficient (Wildman–Crippen LogP) is 1.97. The quantitative estimate of drug-likeness (QED) is 0.239. The Hall–Kier alpha value is -0.790. The molecule has 9 heavy (non-hydrogen) atoms. The number of nitrogens with zero attached hydrogens (tertiary/aromatic N) is 1. The maximum atomic E-state index is 4.47. The van der Waals surface area contributed by atoms with Crippen molar-refractivity contribution in [2.75, 3.05) is 7.11 Å². The van der Waals surface area contributed by atoms with Gasteiger partial charge in [0, 0.05) is 6.21 Å². The highest BCUT2D eigenvalue weighted by molar-refractivity contribution is 5.56. The summed E-state index contributed by atoms with van der Waals surface area (Å²) >= 11 is 0. The van der Waals surface area contributed by atoms with Gasteiger partial charge in [0.05, 0.1) is 0 Å². The lowest BCUT2D eigenvalue weighted by Gasteiger charge is -1.87. The Kier molecular flexibility index (Phi) is 6.58. The van der Waals surface area contributed by atoms with E-state index in [4.69, 9.17) is 0 Å². The zero-order valence-corrected chi connectivity index (χ0v) is 5.84. The third-order valence-electron chi connectivity index (χ3n) is 0.921. The summed E-state index contributed by atoms with van der Waals surface area (Å²) < 4.78 is 0. The Labute approximate surface area is 56.2 Å². The fourth-order valence-electron chi connectivity index (χ4n) is 0.481. The molecule has 0 unspecified atom stereocenters. The molecule has 0 aliphatic rings. The third kappa shape index (κ3) is 7.21. The molecule has 0 bridgehead atoms. The van der Waals surface area contributed by atoms with Crippen LogP contribution in [0, 0.1) is 0 Å². The van der Waals surface area contributed by atoms with Gasteiger partial charge in [0.25, 0.3) is 0 Å². The van der Waals surface area contributed by atoms with E-state index in [2.05, 4.69) is 16.6 Å². The fraction of sp³-hybridized carbons (Fsp3) is 0.571. The first-order chi connectivity index (χ1) is 4.41. The Morgan fingerprint density at radius 3 is 2.89 bits per heavy atom. The zero-order valence-electron chi connectivity index (χ0n) is 5.84. The molecule has 0 spiro atoms. The largest absolute Gasteiger partial charge is 0.399 e. The van der Waals surface area contributed by atoms with E-state index in [1.54, 1.807) is 13.3 Å². The molecular weight excluding hydrogens is 114 g/mol. The number of hydrogen-bond donors (Lipinski definition) is 0. The van der Waals surface area contributed by atoms with Gasteiger partial charge in [0.1, 0.15) is 7.11 Å². The molecule has 0 fully saturated rings. The van der Waals surface area contributed by atoms with Crippen LogP contribution in [0.3, 0.4) is 0 Å². The molecule has 0 atom stereocenters. The second-order valence-corrected chi connectivity index (χ2v) is 1.69. The lowest BCUT2D eigenvalue weighted by atomic mass is 10.2. The van der Waals surface area contributed by atoms with Crippen molar-refractivity contribution in [1.82, 2.24) is 0 Å². The van der Waals surface area contributed by atoms with Crippen LogP contribution < -0.4 is 0 Å². The van der Waals surface area contributed by atoms with Crippen LogP contribution in [0.15, 0.2) is 17.8 Å². The molecule has 0 rings (SSSR count). The number of oxime groups is 1. The summed E-state index contributed by atoms with van der Waals surface area (Å²) in [7, 11) is 1.55. The van der Waals surface area contributed by atoms with E-state index in [1.807, 2.05) is 6.08 Å². The van der Waals surface area contributed by atoms with Crippen LogP contribution >= 0.6 is 0 Å². The van der Waals surface area contributed by atoms with Crippen LogP contribution in [0.2, 0.25) is 0 Å². The van der Waals surface area contributed by atoms with Crippen LogP contribution in [0.5, 0.6) is 0 Å². The molecule has 2 heteroatoms. The molecule has 0 aromatic rings. The molecule has 0 aliphatic carbocycles. The van der Waals surface area contributed by atoms with E-state index in [1.165, 1.54) is 0 Å². The van der Waals surface area contributed by atoms with Gasteiger partial charge < -0.3 is 4.84 Å². The molecule has 0 aliphatic heterocycles. The van der Waals surface area contributed by atoms with Gasteiger partial charge in [-0.3, -0.25) is 0 Å². The molecular formula is C7H13NO. The summed E-state index contributed by atoms with van der Waals surface area (Å²) in [6.07, 6.45) is 6.80. The van der Waals surface area contributed by atoms with Crippen molar-refractivity contribution in [2.24, 2.45) is 5.16 Å². The average Bonchev–Trinajstić information content (AvgIpc) is 1.89. The van der Waals surface area contributed by atoms with Gasteiger partial charge in [0.2, 0.25) is 0 Å². The molecule has 0 aromatic carbocycles. The summed E-state index contributed by atoms with van der Waals surface area (Å²) in [5, 5.41) is 3.58. The minimum Gasteiger partial charge on any atom is -0.399 e. The van der Waals surface area contributed by atoms with E-state index in [0.29, 0.717) is 0 Å². The van der Waals surface area contributed by atoms with Crippen molar-refractivity contribution in [2.45, 2.75) is 19.3 Å². The maximum absolute atomic E-state index is 4.47. The molecule has 0 N–H and O–H groups in total. The van der Waals surface area contributed by atoms with Crippen molar-refractivity contribution in [1.29, 1.82) is 0 Å². The normalized spacial score (nSPS) is 9.89. The summed E-state index contributed by atoms with van der Waals surface area (Å²) in [4.78, 5) is 4.47. The Balaban J connectivity index is 2.90. The Bertz CT molecular complexity index is 88.9. The summed E-state index contributed by atoms with van der Waals surface area (Å²) in [5.41, 5.74) is 0. The van der Waals surface area contributed by atoms with E-state index in [0.717, 1.165) is 19.3 Å². The van der Waals surface area contributed by atoms with Crippen molar-refractivity contribution >= 4 is 6.21 Å². The molecule has 0 radical (unpaired) electrons. The highest BCUT2D eigenvalue weighted by Gasteiger charge is 1.78. The Morgan fingerprint density at radius 1 is 1.56 bits per heavy atom. The fourth-order valence-corrected chi connectivity index (χ4v) is 0.481. The molecule has 52 valence electrons. The molecule has 0 saturated carbocycles. The van der Waals surface area contributed by atoms with Crippen molar-refractivity contribution in [3.63, 3.8) is 0 Å². The number of hydrogen-bond acceptors (Lipinski definition) is 2. The summed E-state index contributed by atoms with van der Waals surface area (Å²) in [5.74, 6) is 0. The van der Waals surface area contributed by atoms with Gasteiger partial charge >= 0.3 is 0 Å². The average molecular weight is 127 g/mol. The van der Waals surface area contributed by atoms with E-state index in [9.17, 15) is 0 Å². The van der Waals surface area contributed by atoms with E-state index >= 15 is 0 Å². The van der Waals surface area contributed by atoms with Gasteiger partial charge in [-0.25, -0.2) is 0 Å². The minimum atomic E-state index is 0.972. The second kappa shape index (κ2) is 7.21. The van der Waals surface area contributed by atoms with E-state index in [-0.39, 0.29) is 0 Å². The van der Waals surface area contributed by atoms with Gasteiger partial charge in [-0.15, -0.1) is 6.58 Å². The van der Waals surface area contributed by atoms with Crippen LogP contribution in [0.1, 0.15) is 19.3 Å². The molecule has 0 amide bonds. The molecule has 0 heterocycles. The molecule has 2 nitrogen and oxygen atoms in total. The highest BCUT2D eigenvalue weighted by Crippen LogP contribution is 1.91. The number of rotatable bonds is 5. The van der Waals surface area contributed by atoms with Crippen LogP contribution in [-0.2, 0) is 4.84 Å². The number of unbranched alkanes of at least 4 members (excludes halogenated alkanes) is 2. The van der Waals surface area contributed by atoms with Crippen molar-refractivity contribution in [3.05, 3.63) is 12.7 Å². The highest BCUT2D eigenvalue weighted by atomic mass is 16.6. The van der Waals surface area contributed by atoms with Gasteiger partial charge in [0.15, 0.2) is 0 Å². The van der Waals surface area contributed by atoms with Gasteiger partial charge in [-0.2, -0.15) is 0 Å². The predicted molar refractivity (Wildman–Crippen MR) is 39.5 cm³/mol. The Morgan fingerprint density at radius 2 is 2.33 bits per heavy atom. The first-order valence-corrected chi connectivity index (χ1v) is 3.07. The van der Waals surface area contributed by atoms with Gasteiger partial charge in [-0.1, -0.05) is 11.2 Å². The van der Waals surface area contributed by atoms with Crippen molar-refractivity contribution in [3.8, 4) is 0 Å². The minimum absolute atomic E-state index is 0.972. The van der Waals surface area contributed by atoms with Crippen LogP contribution in [-0.4, -0.2) is 13.3 Å². The molecule has 0 aromatic heterocycles. The lowest BCUT2D eigenvalue weighted by molar-refractivity contribution is 0.214. The first-order valence-electron chi connectivity index (χ1n) is 3.07. The lowest BCUT2D eigenvalue weighted by Crippen LogP contribution is -1.76. The van der Waals surface area contributed by atoms with Crippen molar-refractivity contribution < 1.29 is 4.84 Å². The molecule has 0 saturated heterocycles. The second-order valence-electron chi connectivity index (χ2n) is 1.69. The summed E-state index contributed by atoms with van der Waals surface area (Å²) in [6.45, 7) is 3.60. The monoisotopic (exact) mass is 127 g/mol. The van der Waals surface area contributed by atoms with Crippen LogP contribution in [0.4, 0.5) is 0 Å².